The second-order valence-electron chi connectivity index (χ2n) is 7.85. The van der Waals surface area contributed by atoms with E-state index in [9.17, 15) is 17.6 Å². The zero-order valence-electron chi connectivity index (χ0n) is 20.3. The highest BCUT2D eigenvalue weighted by Gasteiger charge is 2.09. The van der Waals surface area contributed by atoms with Crippen molar-refractivity contribution in [2.75, 3.05) is 23.0 Å². The van der Waals surface area contributed by atoms with Gasteiger partial charge in [-0.3, -0.25) is 9.35 Å². The van der Waals surface area contributed by atoms with Crippen LogP contribution in [-0.2, 0) is 21.5 Å². The Balaban J connectivity index is 0.000000532. The number of fused-ring (bicyclic) bond motifs is 1. The minimum atomic E-state index is -3.92. The predicted molar refractivity (Wildman–Crippen MR) is 147 cm³/mol. The molecule has 0 atom stereocenters. The Labute approximate surface area is 228 Å². The number of amides is 1. The predicted octanol–water partition coefficient (Wildman–Crippen LogP) is 4.74. The molecule has 1 aromatic heterocycles. The Morgan fingerprint density at radius 2 is 1.87 bits per heavy atom. The van der Waals surface area contributed by atoms with E-state index in [-0.39, 0.29) is 18.3 Å². The first-order valence-corrected chi connectivity index (χ1v) is 13.2. The van der Waals surface area contributed by atoms with Gasteiger partial charge in [-0.15, -0.1) is 0 Å². The lowest BCUT2D eigenvalue weighted by Crippen LogP contribution is -2.07. The molecule has 1 heterocycles. The number of anilines is 3. The van der Waals surface area contributed by atoms with Crippen LogP contribution in [0.2, 0.25) is 5.02 Å². The summed E-state index contributed by atoms with van der Waals surface area (Å²) in [4.78, 5) is 20.2. The van der Waals surface area contributed by atoms with Gasteiger partial charge in [0, 0.05) is 16.8 Å². The summed E-state index contributed by atoms with van der Waals surface area (Å²) in [6.07, 6.45) is 2.65. The van der Waals surface area contributed by atoms with Crippen molar-refractivity contribution in [3.63, 3.8) is 0 Å². The summed E-state index contributed by atoms with van der Waals surface area (Å²) in [6.45, 7) is 3.12. The highest BCUT2D eigenvalue weighted by atomic mass is 35.5. The average Bonchev–Trinajstić information content (AvgIpc) is 2.88. The SMILES string of the molecule is C=CC(=O)Nc1ccc2ncnc(Nc3ccc(OCc4cccc(F)c4)c(Cl)c3)c2c1.O=S(=O)(O)CCO. The molecule has 0 spiro atoms. The third kappa shape index (κ3) is 9.30. The maximum Gasteiger partial charge on any atom is 0.267 e. The van der Waals surface area contributed by atoms with Crippen LogP contribution in [0.4, 0.5) is 21.6 Å². The number of carbonyl (C=O) groups excluding carboxylic acids is 1. The summed E-state index contributed by atoms with van der Waals surface area (Å²) in [5, 5.41) is 14.9. The summed E-state index contributed by atoms with van der Waals surface area (Å²) in [5.41, 5.74) is 2.70. The van der Waals surface area contributed by atoms with Crippen LogP contribution in [0, 0.1) is 5.82 Å². The third-order valence-electron chi connectivity index (χ3n) is 4.92. The summed E-state index contributed by atoms with van der Waals surface area (Å²) in [6, 6.07) is 16.7. The molecule has 4 aromatic rings. The van der Waals surface area contributed by atoms with Gasteiger partial charge in [-0.05, 0) is 60.2 Å². The van der Waals surface area contributed by atoms with Gasteiger partial charge < -0.3 is 20.5 Å². The summed E-state index contributed by atoms with van der Waals surface area (Å²) >= 11 is 6.38. The second-order valence-corrected chi connectivity index (χ2v) is 9.83. The largest absolute Gasteiger partial charge is 0.487 e. The molecule has 3 aromatic carbocycles. The number of halogens is 2. The fraction of sp³-hybridized carbons (Fsp3) is 0.115. The van der Waals surface area contributed by atoms with Crippen LogP contribution in [-0.4, -0.2) is 46.3 Å². The molecule has 0 radical (unpaired) electrons. The van der Waals surface area contributed by atoms with Crippen molar-refractivity contribution in [2.24, 2.45) is 0 Å². The average molecular weight is 575 g/mol. The molecule has 4 rings (SSSR count). The van der Waals surface area contributed by atoms with Crippen LogP contribution in [0.1, 0.15) is 5.56 Å². The Kier molecular flexibility index (Phi) is 10.3. The number of ether oxygens (including phenoxy) is 1. The van der Waals surface area contributed by atoms with Crippen molar-refractivity contribution in [1.82, 2.24) is 9.97 Å². The van der Waals surface area contributed by atoms with E-state index in [2.05, 4.69) is 27.2 Å². The maximum absolute atomic E-state index is 13.3. The Morgan fingerprint density at radius 1 is 1.10 bits per heavy atom. The number of hydrogen-bond donors (Lipinski definition) is 4. The molecule has 204 valence electrons. The van der Waals surface area contributed by atoms with Crippen molar-refractivity contribution < 1.29 is 32.0 Å². The monoisotopic (exact) mass is 574 g/mol. The number of aliphatic hydroxyl groups is 1. The first-order chi connectivity index (χ1) is 18.6. The molecule has 0 unspecified atom stereocenters. The van der Waals surface area contributed by atoms with Gasteiger partial charge in [0.05, 0.1) is 22.9 Å². The molecule has 0 aliphatic heterocycles. The number of benzene rings is 3. The molecule has 10 nitrogen and oxygen atoms in total. The fourth-order valence-corrected chi connectivity index (χ4v) is 3.63. The lowest BCUT2D eigenvalue weighted by molar-refractivity contribution is -0.111. The number of aromatic nitrogens is 2. The van der Waals surface area contributed by atoms with Crippen LogP contribution >= 0.6 is 11.6 Å². The number of aliphatic hydroxyl groups excluding tert-OH is 1. The van der Waals surface area contributed by atoms with Crippen molar-refractivity contribution in [1.29, 1.82) is 0 Å². The molecule has 13 heteroatoms. The van der Waals surface area contributed by atoms with Gasteiger partial charge in [-0.1, -0.05) is 30.3 Å². The van der Waals surface area contributed by atoms with E-state index in [4.69, 9.17) is 26.0 Å². The van der Waals surface area contributed by atoms with Crippen LogP contribution in [0.3, 0.4) is 0 Å². The molecule has 0 bridgehead atoms. The first-order valence-electron chi connectivity index (χ1n) is 11.3. The van der Waals surface area contributed by atoms with E-state index in [0.29, 0.717) is 39.0 Å². The van der Waals surface area contributed by atoms with E-state index in [1.54, 1.807) is 48.5 Å². The molecule has 39 heavy (non-hydrogen) atoms. The van der Waals surface area contributed by atoms with Gasteiger partial charge in [-0.2, -0.15) is 8.42 Å². The highest BCUT2D eigenvalue weighted by Crippen LogP contribution is 2.31. The summed E-state index contributed by atoms with van der Waals surface area (Å²) in [5.74, 6) is -0.178. The van der Waals surface area contributed by atoms with Crippen LogP contribution in [0.15, 0.2) is 79.6 Å². The molecule has 0 saturated carbocycles. The summed E-state index contributed by atoms with van der Waals surface area (Å²) in [7, 11) is -3.92. The maximum atomic E-state index is 13.3. The Hall–Kier alpha value is -4.10. The molecule has 0 saturated heterocycles. The minimum absolute atomic E-state index is 0.194. The first kappa shape index (κ1) is 29.5. The normalized spacial score (nSPS) is 10.8. The topological polar surface area (TPSA) is 151 Å². The van der Waals surface area contributed by atoms with Crippen molar-refractivity contribution in [3.8, 4) is 5.75 Å². The van der Waals surface area contributed by atoms with E-state index in [1.807, 2.05) is 0 Å². The molecular weight excluding hydrogens is 551 g/mol. The summed E-state index contributed by atoms with van der Waals surface area (Å²) < 4.78 is 46.1. The number of nitrogens with zero attached hydrogens (tertiary/aromatic N) is 2. The smallest absolute Gasteiger partial charge is 0.267 e. The number of carbonyl (C=O) groups is 1. The van der Waals surface area contributed by atoms with Gasteiger partial charge in [0.2, 0.25) is 5.91 Å². The fourth-order valence-electron chi connectivity index (χ4n) is 3.16. The minimum Gasteiger partial charge on any atom is -0.487 e. The van der Waals surface area contributed by atoms with Crippen molar-refractivity contribution in [3.05, 3.63) is 96.0 Å². The quantitative estimate of drug-likeness (QED) is 0.164. The van der Waals surface area contributed by atoms with Crippen molar-refractivity contribution >= 4 is 55.7 Å². The zero-order chi connectivity index (χ0) is 28.4. The van der Waals surface area contributed by atoms with Gasteiger partial charge >= 0.3 is 0 Å². The van der Waals surface area contributed by atoms with Crippen molar-refractivity contribution in [2.45, 2.75) is 6.61 Å². The molecule has 0 aliphatic carbocycles. The Bertz CT molecular complexity index is 1590. The van der Waals surface area contributed by atoms with Crippen LogP contribution in [0.5, 0.6) is 5.75 Å². The lowest BCUT2D eigenvalue weighted by atomic mass is 10.2. The number of hydrogen-bond acceptors (Lipinski definition) is 8. The zero-order valence-corrected chi connectivity index (χ0v) is 21.9. The molecule has 0 aliphatic rings. The standard InChI is InChI=1S/C24H18ClFN4O2.C2H6O4S/c1-2-23(31)29-17-6-8-21-19(11-17)24(28-14-27-21)30-18-7-9-22(20(25)12-18)32-13-15-4-3-5-16(26)10-15;3-1-2-7(4,5)6/h2-12,14H,1,13H2,(H,29,31)(H,27,28,30);3H,1-2H2,(H,4,5,6). The van der Waals surface area contributed by atoms with E-state index in [0.717, 1.165) is 5.39 Å². The molecular formula is C26H24ClFN4O6S. The lowest BCUT2D eigenvalue weighted by Gasteiger charge is -2.12. The second kappa shape index (κ2) is 13.6. The van der Waals surface area contributed by atoms with Crippen LogP contribution in [0.25, 0.3) is 10.9 Å². The number of rotatable bonds is 9. The van der Waals surface area contributed by atoms with Gasteiger partial charge in [0.1, 0.15) is 30.3 Å². The molecule has 0 fully saturated rings. The molecule has 1 amide bonds. The highest BCUT2D eigenvalue weighted by molar-refractivity contribution is 7.85. The van der Waals surface area contributed by atoms with E-state index >= 15 is 0 Å². The number of nitrogens with one attached hydrogen (secondary N) is 2. The van der Waals surface area contributed by atoms with Gasteiger partial charge in [0.15, 0.2) is 0 Å². The van der Waals surface area contributed by atoms with Gasteiger partial charge in [0.25, 0.3) is 10.1 Å². The van der Waals surface area contributed by atoms with Gasteiger partial charge in [-0.25, -0.2) is 14.4 Å². The molecule has 4 N–H and O–H groups in total. The van der Waals surface area contributed by atoms with E-state index < -0.39 is 22.5 Å². The Morgan fingerprint density at radius 3 is 2.51 bits per heavy atom. The van der Waals surface area contributed by atoms with Crippen LogP contribution < -0.4 is 15.4 Å². The van der Waals surface area contributed by atoms with E-state index in [1.165, 1.54) is 24.5 Å². The third-order valence-corrected chi connectivity index (χ3v) is 5.91.